The molecule has 1 aromatic heterocycles. The van der Waals surface area contributed by atoms with Crippen LogP contribution in [0.4, 0.5) is 10.1 Å². The third-order valence-corrected chi connectivity index (χ3v) is 6.97. The first kappa shape index (κ1) is 19.0. The van der Waals surface area contributed by atoms with E-state index in [1.54, 1.807) is 12.3 Å². The Morgan fingerprint density at radius 3 is 2.46 bits per heavy atom. The molecule has 0 aliphatic carbocycles. The smallest absolute Gasteiger partial charge is 0.268 e. The molecule has 0 amide bonds. The fourth-order valence-corrected chi connectivity index (χ4v) is 5.26. The van der Waals surface area contributed by atoms with Crippen molar-refractivity contribution < 1.29 is 12.8 Å². The lowest BCUT2D eigenvalue weighted by atomic mass is 10.1. The summed E-state index contributed by atoms with van der Waals surface area (Å²) in [4.78, 5) is 4.72. The van der Waals surface area contributed by atoms with Crippen molar-refractivity contribution in [3.8, 4) is 0 Å². The fourth-order valence-electron chi connectivity index (χ4n) is 3.88. The van der Waals surface area contributed by atoms with Crippen molar-refractivity contribution in [1.82, 2.24) is 8.87 Å². The maximum absolute atomic E-state index is 13.6. The molecule has 1 aliphatic rings. The van der Waals surface area contributed by atoms with E-state index in [1.807, 2.05) is 18.2 Å². The first-order valence-corrected chi connectivity index (χ1v) is 11.0. The van der Waals surface area contributed by atoms with Gasteiger partial charge in [0.15, 0.2) is 0 Å². The maximum atomic E-state index is 13.6. The molecule has 0 spiro atoms. The Morgan fingerprint density at radius 2 is 1.75 bits per heavy atom. The molecule has 0 atom stereocenters. The Bertz CT molecular complexity index is 1090. The summed E-state index contributed by atoms with van der Waals surface area (Å²) in [6, 6.07) is 12.7. The van der Waals surface area contributed by atoms with Gasteiger partial charge in [-0.05, 0) is 49.4 Å². The number of benzene rings is 2. The van der Waals surface area contributed by atoms with E-state index in [0.717, 1.165) is 56.3 Å². The van der Waals surface area contributed by atoms with E-state index in [9.17, 15) is 12.8 Å². The molecule has 0 unspecified atom stereocenters. The van der Waals surface area contributed by atoms with Crippen LogP contribution >= 0.6 is 0 Å². The minimum Gasteiger partial charge on any atom is -0.368 e. The van der Waals surface area contributed by atoms with Gasteiger partial charge in [-0.3, -0.25) is 4.90 Å². The molecule has 0 radical (unpaired) electrons. The molecular weight excluding hydrogens is 377 g/mol. The molecule has 7 heteroatoms. The minimum absolute atomic E-state index is 0.0522. The number of piperazine rings is 1. The third-order valence-electron chi connectivity index (χ3n) is 5.28. The van der Waals surface area contributed by atoms with Gasteiger partial charge in [-0.1, -0.05) is 19.1 Å². The van der Waals surface area contributed by atoms with Crippen LogP contribution in [0.3, 0.4) is 0 Å². The van der Waals surface area contributed by atoms with Gasteiger partial charge in [0.2, 0.25) is 0 Å². The van der Waals surface area contributed by atoms with Crippen LogP contribution in [0.2, 0.25) is 0 Å². The highest BCUT2D eigenvalue weighted by Gasteiger charge is 2.23. The summed E-state index contributed by atoms with van der Waals surface area (Å²) in [5.41, 5.74) is 1.65. The van der Waals surface area contributed by atoms with Gasteiger partial charge in [0, 0.05) is 43.4 Å². The number of rotatable bonds is 5. The summed E-state index contributed by atoms with van der Waals surface area (Å²) in [5, 5.41) is 0.895. The molecule has 148 valence electrons. The molecule has 3 aromatic rings. The second kappa shape index (κ2) is 7.56. The molecule has 1 saturated heterocycles. The third kappa shape index (κ3) is 3.40. The van der Waals surface area contributed by atoms with E-state index in [2.05, 4.69) is 16.7 Å². The lowest BCUT2D eigenvalue weighted by Crippen LogP contribution is -2.46. The van der Waals surface area contributed by atoms with Crippen molar-refractivity contribution in [2.75, 3.05) is 37.6 Å². The highest BCUT2D eigenvalue weighted by atomic mass is 32.2. The quantitative estimate of drug-likeness (QED) is 0.656. The number of halogens is 1. The predicted molar refractivity (Wildman–Crippen MR) is 110 cm³/mol. The van der Waals surface area contributed by atoms with Crippen molar-refractivity contribution in [2.24, 2.45) is 0 Å². The summed E-state index contributed by atoms with van der Waals surface area (Å²) in [6.07, 6.45) is 2.71. The molecule has 2 aromatic carbocycles. The first-order chi connectivity index (χ1) is 13.5. The minimum atomic E-state index is -3.86. The Labute approximate surface area is 165 Å². The van der Waals surface area contributed by atoms with E-state index >= 15 is 0 Å². The Balaban J connectivity index is 1.70. The fraction of sp³-hybridized carbons (Fsp3) is 0.333. The molecule has 1 aliphatic heterocycles. The van der Waals surface area contributed by atoms with Gasteiger partial charge in [0.25, 0.3) is 10.0 Å². The molecule has 28 heavy (non-hydrogen) atoms. The van der Waals surface area contributed by atoms with E-state index < -0.39 is 15.8 Å². The van der Waals surface area contributed by atoms with Gasteiger partial charge < -0.3 is 4.90 Å². The molecule has 0 bridgehead atoms. The van der Waals surface area contributed by atoms with Crippen LogP contribution in [0.25, 0.3) is 10.9 Å². The zero-order valence-corrected chi connectivity index (χ0v) is 16.7. The van der Waals surface area contributed by atoms with Crippen LogP contribution in [-0.2, 0) is 10.0 Å². The zero-order chi connectivity index (χ0) is 19.7. The van der Waals surface area contributed by atoms with Crippen LogP contribution in [0, 0.1) is 5.82 Å². The number of hydrogen-bond donors (Lipinski definition) is 0. The summed E-state index contributed by atoms with van der Waals surface area (Å²) in [7, 11) is -3.86. The van der Waals surface area contributed by atoms with Crippen molar-refractivity contribution >= 4 is 26.6 Å². The van der Waals surface area contributed by atoms with Gasteiger partial charge in [-0.25, -0.2) is 16.8 Å². The van der Waals surface area contributed by atoms with Gasteiger partial charge in [-0.2, -0.15) is 0 Å². The standard InChI is InChI=1S/C21H24FN3O2S/c1-2-10-23-12-14-24(15-13-23)20-7-4-8-21-19(20)9-11-25(21)28(26,27)18-6-3-5-17(22)16-18/h3-9,11,16H,2,10,12-15H2,1H3. The van der Waals surface area contributed by atoms with Crippen molar-refractivity contribution in [1.29, 1.82) is 0 Å². The predicted octanol–water partition coefficient (Wildman–Crippen LogP) is 3.55. The van der Waals surface area contributed by atoms with Crippen LogP contribution in [0.5, 0.6) is 0 Å². The molecule has 2 heterocycles. The van der Waals surface area contributed by atoms with Crippen molar-refractivity contribution in [3.05, 3.63) is 60.5 Å². The van der Waals surface area contributed by atoms with Crippen LogP contribution in [0.15, 0.2) is 59.6 Å². The number of anilines is 1. The topological polar surface area (TPSA) is 45.5 Å². The summed E-state index contributed by atoms with van der Waals surface area (Å²) in [5.74, 6) is -0.567. The summed E-state index contributed by atoms with van der Waals surface area (Å²) in [6.45, 7) is 7.15. The number of nitrogens with zero attached hydrogens (tertiary/aromatic N) is 3. The van der Waals surface area contributed by atoms with Gasteiger partial charge in [0.1, 0.15) is 5.82 Å². The van der Waals surface area contributed by atoms with Crippen LogP contribution in [-0.4, -0.2) is 50.0 Å². The highest BCUT2D eigenvalue weighted by Crippen LogP contribution is 2.31. The van der Waals surface area contributed by atoms with Gasteiger partial charge in [-0.15, -0.1) is 0 Å². The van der Waals surface area contributed by atoms with Crippen LogP contribution < -0.4 is 4.90 Å². The largest absolute Gasteiger partial charge is 0.368 e. The second-order valence-corrected chi connectivity index (χ2v) is 8.93. The Morgan fingerprint density at radius 1 is 1.00 bits per heavy atom. The van der Waals surface area contributed by atoms with Gasteiger partial charge in [0.05, 0.1) is 10.4 Å². The number of hydrogen-bond acceptors (Lipinski definition) is 4. The monoisotopic (exact) mass is 401 g/mol. The lowest BCUT2D eigenvalue weighted by Gasteiger charge is -2.36. The lowest BCUT2D eigenvalue weighted by molar-refractivity contribution is 0.258. The van der Waals surface area contributed by atoms with E-state index in [4.69, 9.17) is 0 Å². The SMILES string of the molecule is CCCN1CCN(c2cccc3c2ccn3S(=O)(=O)c2cccc(F)c2)CC1. The first-order valence-electron chi connectivity index (χ1n) is 9.59. The van der Waals surface area contributed by atoms with Crippen molar-refractivity contribution in [3.63, 3.8) is 0 Å². The number of fused-ring (bicyclic) bond motifs is 1. The van der Waals surface area contributed by atoms with Crippen LogP contribution in [0.1, 0.15) is 13.3 Å². The summed E-state index contributed by atoms with van der Waals surface area (Å²) < 4.78 is 40.9. The van der Waals surface area contributed by atoms with E-state index in [-0.39, 0.29) is 4.90 Å². The average molecular weight is 402 g/mol. The van der Waals surface area contributed by atoms with E-state index in [0.29, 0.717) is 5.52 Å². The Hall–Kier alpha value is -2.38. The van der Waals surface area contributed by atoms with Gasteiger partial charge >= 0.3 is 0 Å². The maximum Gasteiger partial charge on any atom is 0.268 e. The summed E-state index contributed by atoms with van der Waals surface area (Å²) >= 11 is 0. The molecule has 5 nitrogen and oxygen atoms in total. The second-order valence-electron chi connectivity index (χ2n) is 7.11. The molecule has 4 rings (SSSR count). The average Bonchev–Trinajstić information content (AvgIpc) is 3.14. The molecular formula is C21H24FN3O2S. The number of aromatic nitrogens is 1. The Kier molecular flexibility index (Phi) is 5.12. The molecule has 1 fully saturated rings. The normalized spacial score (nSPS) is 16.0. The zero-order valence-electron chi connectivity index (χ0n) is 15.9. The van der Waals surface area contributed by atoms with Crippen molar-refractivity contribution in [2.45, 2.75) is 18.2 Å². The molecule has 0 N–H and O–H groups in total. The highest BCUT2D eigenvalue weighted by molar-refractivity contribution is 7.90. The van der Waals surface area contributed by atoms with E-state index in [1.165, 1.54) is 22.2 Å². The molecule has 0 saturated carbocycles.